The molecule has 1 aliphatic carbocycles. The largest absolute Gasteiger partial charge is 0.497 e. The standard InChI is InChI=1S/C36H38O7/c1-40-31-22-24-33(25-23-31)43-36(39)30-18-20-32(21-19-30)42-34(37)13-7-5-3-2-4-6-10-26-41-35(38)29-16-14-28(15-17-29)27-11-8-9-12-27/h8-9,11-12,14-25,27H,2-7,10,13,26H2,1H3. The second-order valence-electron chi connectivity index (χ2n) is 10.3. The van der Waals surface area contributed by atoms with E-state index in [4.69, 9.17) is 18.9 Å². The van der Waals surface area contributed by atoms with Gasteiger partial charge in [-0.05, 0) is 79.1 Å². The number of hydrogen-bond donors (Lipinski definition) is 0. The van der Waals surface area contributed by atoms with Gasteiger partial charge in [-0.25, -0.2) is 9.59 Å². The number of carbonyl (C=O) groups excluding carboxylic acids is 3. The second-order valence-corrected chi connectivity index (χ2v) is 10.3. The van der Waals surface area contributed by atoms with Gasteiger partial charge in [-0.15, -0.1) is 0 Å². The van der Waals surface area contributed by atoms with Crippen molar-refractivity contribution >= 4 is 17.9 Å². The first kappa shape index (κ1) is 31.3. The van der Waals surface area contributed by atoms with E-state index < -0.39 is 5.97 Å². The first-order chi connectivity index (χ1) is 21.0. The first-order valence-corrected chi connectivity index (χ1v) is 14.8. The highest BCUT2D eigenvalue weighted by Gasteiger charge is 2.12. The number of carbonyl (C=O) groups is 3. The SMILES string of the molecule is COc1ccc(OC(=O)c2ccc(OC(=O)CCCCCCCCCOC(=O)c3ccc(C4C=CC=C4)cc3)cc2)cc1. The molecule has 3 aromatic rings. The molecule has 0 aliphatic heterocycles. The maximum Gasteiger partial charge on any atom is 0.343 e. The van der Waals surface area contributed by atoms with Gasteiger partial charge in [0.1, 0.15) is 17.2 Å². The Morgan fingerprint density at radius 2 is 1.09 bits per heavy atom. The number of hydrogen-bond acceptors (Lipinski definition) is 7. The Morgan fingerprint density at radius 3 is 1.74 bits per heavy atom. The minimum absolute atomic E-state index is 0.279. The Balaban J connectivity index is 1.01. The average molecular weight is 583 g/mol. The molecule has 1 aliphatic rings. The normalized spacial score (nSPS) is 12.2. The van der Waals surface area contributed by atoms with Crippen LogP contribution in [0.3, 0.4) is 0 Å². The van der Waals surface area contributed by atoms with Crippen molar-refractivity contribution in [2.45, 2.75) is 57.3 Å². The molecule has 3 aromatic carbocycles. The maximum absolute atomic E-state index is 12.3. The van der Waals surface area contributed by atoms with Gasteiger partial charge >= 0.3 is 17.9 Å². The molecule has 224 valence electrons. The van der Waals surface area contributed by atoms with Crippen molar-refractivity contribution < 1.29 is 33.3 Å². The molecule has 0 saturated heterocycles. The van der Waals surface area contributed by atoms with Crippen LogP contribution in [0.1, 0.15) is 83.6 Å². The van der Waals surface area contributed by atoms with Crippen LogP contribution < -0.4 is 14.2 Å². The van der Waals surface area contributed by atoms with Crippen LogP contribution in [0.4, 0.5) is 0 Å². The van der Waals surface area contributed by atoms with Gasteiger partial charge in [-0.3, -0.25) is 4.79 Å². The summed E-state index contributed by atoms with van der Waals surface area (Å²) in [6, 6.07) is 20.6. The summed E-state index contributed by atoms with van der Waals surface area (Å²) in [4.78, 5) is 36.8. The van der Waals surface area contributed by atoms with Gasteiger partial charge in [-0.2, -0.15) is 0 Å². The van der Waals surface area contributed by atoms with E-state index in [-0.39, 0.29) is 17.9 Å². The lowest BCUT2D eigenvalue weighted by Crippen LogP contribution is -2.10. The fourth-order valence-corrected chi connectivity index (χ4v) is 4.65. The van der Waals surface area contributed by atoms with E-state index in [0.29, 0.717) is 41.4 Å². The van der Waals surface area contributed by atoms with Crippen LogP contribution in [0.5, 0.6) is 17.2 Å². The number of esters is 3. The molecule has 7 nitrogen and oxygen atoms in total. The molecule has 0 radical (unpaired) electrons. The third-order valence-corrected chi connectivity index (χ3v) is 7.13. The summed E-state index contributed by atoms with van der Waals surface area (Å²) in [6.45, 7) is 0.422. The van der Waals surface area contributed by atoms with Crippen LogP contribution in [0, 0.1) is 0 Å². The van der Waals surface area contributed by atoms with Gasteiger partial charge in [0.15, 0.2) is 0 Å². The lowest BCUT2D eigenvalue weighted by atomic mass is 10.00. The molecule has 0 aromatic heterocycles. The summed E-state index contributed by atoms with van der Waals surface area (Å²) < 4.78 is 21.3. The van der Waals surface area contributed by atoms with E-state index >= 15 is 0 Å². The second kappa shape index (κ2) is 16.7. The molecule has 0 atom stereocenters. The minimum Gasteiger partial charge on any atom is -0.497 e. The Labute approximate surface area is 253 Å². The van der Waals surface area contributed by atoms with Gasteiger partial charge in [0.25, 0.3) is 0 Å². The van der Waals surface area contributed by atoms with E-state index in [2.05, 4.69) is 12.2 Å². The van der Waals surface area contributed by atoms with E-state index in [1.165, 1.54) is 0 Å². The predicted molar refractivity (Wildman–Crippen MR) is 165 cm³/mol. The molecule has 0 bridgehead atoms. The van der Waals surface area contributed by atoms with Crippen LogP contribution in [-0.4, -0.2) is 31.6 Å². The summed E-state index contributed by atoms with van der Waals surface area (Å²) >= 11 is 0. The van der Waals surface area contributed by atoms with Crippen LogP contribution >= 0.6 is 0 Å². The number of methoxy groups -OCH3 is 1. The Hall–Kier alpha value is -4.65. The highest BCUT2D eigenvalue weighted by atomic mass is 16.5. The van der Waals surface area contributed by atoms with Crippen LogP contribution in [0.15, 0.2) is 97.1 Å². The van der Waals surface area contributed by atoms with Gasteiger partial charge in [0.05, 0.1) is 24.8 Å². The number of allylic oxidation sites excluding steroid dienone is 4. The third kappa shape index (κ3) is 10.3. The van der Waals surface area contributed by atoms with Crippen molar-refractivity contribution in [3.05, 3.63) is 114 Å². The van der Waals surface area contributed by atoms with Gasteiger partial charge in [-0.1, -0.05) is 68.5 Å². The number of rotatable bonds is 16. The quantitative estimate of drug-likeness (QED) is 0.0960. The number of benzene rings is 3. The molecule has 0 amide bonds. The molecule has 0 spiro atoms. The molecule has 43 heavy (non-hydrogen) atoms. The fourth-order valence-electron chi connectivity index (χ4n) is 4.65. The topological polar surface area (TPSA) is 88.1 Å². The molecular formula is C36H38O7. The van der Waals surface area contributed by atoms with E-state index in [9.17, 15) is 14.4 Å². The zero-order valence-electron chi connectivity index (χ0n) is 24.5. The molecular weight excluding hydrogens is 544 g/mol. The molecule has 4 rings (SSSR count). The average Bonchev–Trinajstić information content (AvgIpc) is 3.58. The highest BCUT2D eigenvalue weighted by Crippen LogP contribution is 2.23. The van der Waals surface area contributed by atoms with Crippen LogP contribution in [0.25, 0.3) is 0 Å². The van der Waals surface area contributed by atoms with E-state index in [1.807, 2.05) is 36.4 Å². The predicted octanol–water partition coefficient (Wildman–Crippen LogP) is 8.01. The van der Waals surface area contributed by atoms with Gasteiger partial charge < -0.3 is 18.9 Å². The Bertz CT molecular complexity index is 1380. The molecule has 0 fully saturated rings. The van der Waals surface area contributed by atoms with E-state index in [1.54, 1.807) is 55.6 Å². The summed E-state index contributed by atoms with van der Waals surface area (Å²) in [6.07, 6.45) is 15.4. The Kier molecular flexibility index (Phi) is 12.2. The molecule has 0 N–H and O–H groups in total. The highest BCUT2D eigenvalue weighted by molar-refractivity contribution is 5.91. The molecule has 0 heterocycles. The summed E-state index contributed by atoms with van der Waals surface area (Å²) in [7, 11) is 1.57. The lowest BCUT2D eigenvalue weighted by molar-refractivity contribution is -0.134. The molecule has 7 heteroatoms. The molecule has 0 saturated carbocycles. The fraction of sp³-hybridized carbons (Fsp3) is 0.306. The summed E-state index contributed by atoms with van der Waals surface area (Å²) in [5.41, 5.74) is 2.10. The smallest absolute Gasteiger partial charge is 0.343 e. The van der Waals surface area contributed by atoms with Gasteiger partial charge in [0.2, 0.25) is 0 Å². The first-order valence-electron chi connectivity index (χ1n) is 14.8. The van der Waals surface area contributed by atoms with Crippen molar-refractivity contribution in [2.24, 2.45) is 0 Å². The van der Waals surface area contributed by atoms with Crippen molar-refractivity contribution in [3.63, 3.8) is 0 Å². The Morgan fingerprint density at radius 1 is 0.581 bits per heavy atom. The number of ether oxygens (including phenoxy) is 4. The zero-order valence-corrected chi connectivity index (χ0v) is 24.5. The van der Waals surface area contributed by atoms with Crippen LogP contribution in [-0.2, 0) is 9.53 Å². The minimum atomic E-state index is -0.500. The molecule has 0 unspecified atom stereocenters. The van der Waals surface area contributed by atoms with Crippen LogP contribution in [0.2, 0.25) is 0 Å². The van der Waals surface area contributed by atoms with E-state index in [0.717, 1.165) is 50.5 Å². The van der Waals surface area contributed by atoms with Crippen molar-refractivity contribution in [1.29, 1.82) is 0 Å². The zero-order chi connectivity index (χ0) is 30.3. The van der Waals surface area contributed by atoms with Gasteiger partial charge in [0, 0.05) is 12.3 Å². The maximum atomic E-state index is 12.3. The number of unbranched alkanes of at least 4 members (excludes halogenated alkanes) is 6. The monoisotopic (exact) mass is 582 g/mol. The van der Waals surface area contributed by atoms with Crippen molar-refractivity contribution in [3.8, 4) is 17.2 Å². The lowest BCUT2D eigenvalue weighted by Gasteiger charge is -2.08. The van der Waals surface area contributed by atoms with Crippen molar-refractivity contribution in [1.82, 2.24) is 0 Å². The van der Waals surface area contributed by atoms with Crippen molar-refractivity contribution in [2.75, 3.05) is 13.7 Å². The summed E-state index contributed by atoms with van der Waals surface area (Å²) in [5, 5.41) is 0. The summed E-state index contributed by atoms with van der Waals surface area (Å²) in [5.74, 6) is 0.690. The third-order valence-electron chi connectivity index (χ3n) is 7.13.